The van der Waals surface area contributed by atoms with Crippen LogP contribution in [-0.2, 0) is 7.05 Å². The van der Waals surface area contributed by atoms with Gasteiger partial charge < -0.3 is 14.8 Å². The van der Waals surface area contributed by atoms with Gasteiger partial charge in [0.15, 0.2) is 5.78 Å². The lowest BCUT2D eigenvalue weighted by Crippen LogP contribution is -2.41. The van der Waals surface area contributed by atoms with Gasteiger partial charge in [-0.1, -0.05) is 6.92 Å². The molecular formula is C16H25N3O2. The van der Waals surface area contributed by atoms with Crippen molar-refractivity contribution in [3.8, 4) is 0 Å². The lowest BCUT2D eigenvalue weighted by Gasteiger charge is -2.32. The Morgan fingerprint density at radius 2 is 2.00 bits per heavy atom. The van der Waals surface area contributed by atoms with Gasteiger partial charge in [0.25, 0.3) is 5.91 Å². The summed E-state index contributed by atoms with van der Waals surface area (Å²) in [5.41, 5.74) is 1.20. The van der Waals surface area contributed by atoms with Crippen molar-refractivity contribution in [2.24, 2.45) is 13.0 Å². The molecule has 5 heteroatoms. The smallest absolute Gasteiger partial charge is 0.270 e. The third kappa shape index (κ3) is 3.73. The average molecular weight is 291 g/mol. The van der Waals surface area contributed by atoms with Crippen LogP contribution in [0.2, 0.25) is 0 Å². The van der Waals surface area contributed by atoms with Crippen molar-refractivity contribution in [1.29, 1.82) is 0 Å². The van der Waals surface area contributed by atoms with E-state index in [1.54, 1.807) is 16.8 Å². The van der Waals surface area contributed by atoms with Crippen molar-refractivity contribution in [1.82, 2.24) is 14.8 Å². The van der Waals surface area contributed by atoms with Crippen LogP contribution in [0.4, 0.5) is 0 Å². The molecule has 0 atom stereocenters. The number of rotatable bonds is 5. The Bertz CT molecular complexity index is 514. The van der Waals surface area contributed by atoms with E-state index in [0.717, 1.165) is 39.0 Å². The molecule has 0 aromatic carbocycles. The minimum atomic E-state index is -0.00556. The summed E-state index contributed by atoms with van der Waals surface area (Å²) < 4.78 is 1.75. The van der Waals surface area contributed by atoms with E-state index in [1.807, 2.05) is 11.9 Å². The second-order valence-corrected chi connectivity index (χ2v) is 5.82. The minimum Gasteiger partial charge on any atom is -0.346 e. The van der Waals surface area contributed by atoms with Gasteiger partial charge in [0, 0.05) is 31.9 Å². The number of amides is 1. The number of ketones is 1. The molecule has 1 aliphatic rings. The highest BCUT2D eigenvalue weighted by Gasteiger charge is 2.25. The second-order valence-electron chi connectivity index (χ2n) is 5.82. The molecule has 1 aliphatic heterocycles. The van der Waals surface area contributed by atoms with E-state index < -0.39 is 0 Å². The van der Waals surface area contributed by atoms with Crippen LogP contribution in [0.1, 0.15) is 47.5 Å². The highest BCUT2D eigenvalue weighted by atomic mass is 16.2. The molecule has 1 saturated heterocycles. The first-order valence-corrected chi connectivity index (χ1v) is 7.70. The zero-order chi connectivity index (χ0) is 15.4. The van der Waals surface area contributed by atoms with Crippen molar-refractivity contribution in [3.63, 3.8) is 0 Å². The monoisotopic (exact) mass is 291 g/mol. The van der Waals surface area contributed by atoms with E-state index in [4.69, 9.17) is 0 Å². The number of Topliss-reactive ketones (excluding diaryl/α,β-unsaturated/α-hetero) is 1. The summed E-state index contributed by atoms with van der Waals surface area (Å²) in [5, 5.41) is 3.37. The predicted octanol–water partition coefficient (Wildman–Crippen LogP) is 1.69. The van der Waals surface area contributed by atoms with E-state index in [2.05, 4.69) is 12.2 Å². The fourth-order valence-corrected chi connectivity index (χ4v) is 2.82. The van der Waals surface area contributed by atoms with Gasteiger partial charge in [-0.3, -0.25) is 9.59 Å². The highest BCUT2D eigenvalue weighted by Crippen LogP contribution is 2.19. The molecule has 1 aromatic rings. The Kier molecular flexibility index (Phi) is 5.17. The number of carbonyl (C=O) groups excluding carboxylic acids is 2. The number of piperidine rings is 1. The first-order chi connectivity index (χ1) is 10.0. The predicted molar refractivity (Wildman–Crippen MR) is 82.6 cm³/mol. The third-order valence-corrected chi connectivity index (χ3v) is 4.22. The van der Waals surface area contributed by atoms with Crippen LogP contribution in [0, 0.1) is 5.92 Å². The van der Waals surface area contributed by atoms with Crippen molar-refractivity contribution in [2.45, 2.75) is 26.7 Å². The van der Waals surface area contributed by atoms with Crippen LogP contribution in [-0.4, -0.2) is 47.3 Å². The summed E-state index contributed by atoms with van der Waals surface area (Å²) in [7, 11) is 1.82. The molecule has 0 radical (unpaired) electrons. The van der Waals surface area contributed by atoms with Gasteiger partial charge in [-0.15, -0.1) is 0 Å². The van der Waals surface area contributed by atoms with E-state index in [1.165, 1.54) is 6.92 Å². The zero-order valence-electron chi connectivity index (χ0n) is 13.2. The number of aryl methyl sites for hydroxylation is 1. The topological polar surface area (TPSA) is 54.3 Å². The normalized spacial score (nSPS) is 16.2. The SMILES string of the molecule is CCNCC1CCN(C(=O)c2cc(C(C)=O)cn2C)CC1. The molecule has 21 heavy (non-hydrogen) atoms. The van der Waals surface area contributed by atoms with Gasteiger partial charge in [0.05, 0.1) is 0 Å². The molecule has 2 heterocycles. The fraction of sp³-hybridized carbons (Fsp3) is 0.625. The largest absolute Gasteiger partial charge is 0.346 e. The van der Waals surface area contributed by atoms with Gasteiger partial charge in [0.1, 0.15) is 5.69 Å². The summed E-state index contributed by atoms with van der Waals surface area (Å²) in [6, 6.07) is 1.70. The van der Waals surface area contributed by atoms with E-state index in [-0.39, 0.29) is 11.7 Å². The molecular weight excluding hydrogens is 266 g/mol. The molecule has 0 spiro atoms. The second kappa shape index (κ2) is 6.89. The Morgan fingerprint density at radius 1 is 1.33 bits per heavy atom. The quantitative estimate of drug-likeness (QED) is 0.840. The molecule has 1 aromatic heterocycles. The van der Waals surface area contributed by atoms with Gasteiger partial charge in [0.2, 0.25) is 0 Å². The summed E-state index contributed by atoms with van der Waals surface area (Å²) in [4.78, 5) is 25.9. The van der Waals surface area contributed by atoms with Crippen LogP contribution in [0.15, 0.2) is 12.3 Å². The standard InChI is InChI=1S/C16H25N3O2/c1-4-17-10-13-5-7-19(8-6-13)16(21)15-9-14(12(2)20)11-18(15)3/h9,11,13,17H,4-8,10H2,1-3H3. The number of nitrogens with one attached hydrogen (secondary N) is 1. The first kappa shape index (κ1) is 15.8. The summed E-state index contributed by atoms with van der Waals surface area (Å²) in [6.45, 7) is 7.27. The molecule has 1 N–H and O–H groups in total. The summed E-state index contributed by atoms with van der Waals surface area (Å²) in [6.07, 6.45) is 3.82. The maximum atomic E-state index is 12.6. The maximum absolute atomic E-state index is 12.6. The lowest BCUT2D eigenvalue weighted by atomic mass is 9.96. The molecule has 0 bridgehead atoms. The van der Waals surface area contributed by atoms with E-state index in [0.29, 0.717) is 17.2 Å². The van der Waals surface area contributed by atoms with Gasteiger partial charge in [-0.2, -0.15) is 0 Å². The number of carbonyl (C=O) groups is 2. The third-order valence-electron chi connectivity index (χ3n) is 4.22. The number of hydrogen-bond acceptors (Lipinski definition) is 3. The van der Waals surface area contributed by atoms with Crippen LogP contribution in [0.3, 0.4) is 0 Å². The zero-order valence-corrected chi connectivity index (χ0v) is 13.2. The van der Waals surface area contributed by atoms with Crippen LogP contribution >= 0.6 is 0 Å². The Morgan fingerprint density at radius 3 is 2.52 bits per heavy atom. The molecule has 0 saturated carbocycles. The Hall–Kier alpha value is -1.62. The van der Waals surface area contributed by atoms with Crippen molar-refractivity contribution >= 4 is 11.7 Å². The minimum absolute atomic E-state index is 0.00556. The number of aromatic nitrogens is 1. The molecule has 0 unspecified atom stereocenters. The van der Waals surface area contributed by atoms with Crippen molar-refractivity contribution < 1.29 is 9.59 Å². The fourth-order valence-electron chi connectivity index (χ4n) is 2.82. The maximum Gasteiger partial charge on any atom is 0.270 e. The summed E-state index contributed by atoms with van der Waals surface area (Å²) >= 11 is 0. The summed E-state index contributed by atoms with van der Waals surface area (Å²) in [5.74, 6) is 0.691. The van der Waals surface area contributed by atoms with Crippen LogP contribution in [0.5, 0.6) is 0 Å². The lowest BCUT2D eigenvalue weighted by molar-refractivity contribution is 0.0680. The van der Waals surface area contributed by atoms with E-state index >= 15 is 0 Å². The van der Waals surface area contributed by atoms with E-state index in [9.17, 15) is 9.59 Å². The first-order valence-electron chi connectivity index (χ1n) is 7.70. The van der Waals surface area contributed by atoms with Gasteiger partial charge >= 0.3 is 0 Å². The Balaban J connectivity index is 1.97. The number of likely N-dealkylation sites (tertiary alicyclic amines) is 1. The molecule has 5 nitrogen and oxygen atoms in total. The number of nitrogens with zero attached hydrogens (tertiary/aromatic N) is 2. The highest BCUT2D eigenvalue weighted by molar-refractivity contribution is 5.99. The van der Waals surface area contributed by atoms with Crippen molar-refractivity contribution in [3.05, 3.63) is 23.5 Å². The molecule has 1 fully saturated rings. The van der Waals surface area contributed by atoms with Crippen LogP contribution < -0.4 is 5.32 Å². The van der Waals surface area contributed by atoms with Gasteiger partial charge in [-0.25, -0.2) is 0 Å². The molecule has 2 rings (SSSR count). The van der Waals surface area contributed by atoms with Gasteiger partial charge in [-0.05, 0) is 44.8 Å². The molecule has 1 amide bonds. The molecule has 0 aliphatic carbocycles. The van der Waals surface area contributed by atoms with Crippen LogP contribution in [0.25, 0.3) is 0 Å². The Labute approximate surface area is 126 Å². The number of hydrogen-bond donors (Lipinski definition) is 1. The average Bonchev–Trinajstić information content (AvgIpc) is 2.87. The molecule has 116 valence electrons. The van der Waals surface area contributed by atoms with Crippen molar-refractivity contribution in [2.75, 3.05) is 26.2 Å².